The number of imide groups is 1. The second kappa shape index (κ2) is 7.06. The summed E-state index contributed by atoms with van der Waals surface area (Å²) in [5, 5.41) is 3.17. The normalized spacial score (nSPS) is 19.9. The third-order valence-corrected chi connectivity index (χ3v) is 4.94. The number of nitrogens with one attached hydrogen (secondary N) is 1. The molecule has 1 fully saturated rings. The van der Waals surface area contributed by atoms with Gasteiger partial charge >= 0.3 is 6.03 Å². The smallest absolute Gasteiger partial charge is 0.325 e. The van der Waals surface area contributed by atoms with E-state index in [4.69, 9.17) is 16.3 Å². The molecule has 0 bridgehead atoms. The van der Waals surface area contributed by atoms with E-state index in [0.29, 0.717) is 16.3 Å². The van der Waals surface area contributed by atoms with Gasteiger partial charge in [-0.15, -0.1) is 0 Å². The topological polar surface area (TPSA) is 58.6 Å². The van der Waals surface area contributed by atoms with E-state index in [0.717, 1.165) is 9.37 Å². The molecule has 5 nitrogen and oxygen atoms in total. The Kier molecular flexibility index (Phi) is 5.01. The van der Waals surface area contributed by atoms with Crippen molar-refractivity contribution >= 4 is 39.5 Å². The first-order valence-electron chi connectivity index (χ1n) is 7.69. The zero-order valence-corrected chi connectivity index (χ0v) is 15.8. The summed E-state index contributed by atoms with van der Waals surface area (Å²) in [4.78, 5) is 26.2. The number of halogens is 2. The van der Waals surface area contributed by atoms with Crippen LogP contribution < -0.4 is 10.1 Å². The summed E-state index contributed by atoms with van der Waals surface area (Å²) in [5.74, 6) is 0.328. The molecule has 1 N–H and O–H groups in total. The molecule has 2 aromatic carbocycles. The van der Waals surface area contributed by atoms with Gasteiger partial charge in [-0.25, -0.2) is 4.79 Å². The lowest BCUT2D eigenvalue weighted by atomic mass is 9.92. The molecule has 1 aliphatic heterocycles. The molecule has 1 atom stereocenters. The average molecular weight is 424 g/mol. The Morgan fingerprint density at radius 1 is 1.16 bits per heavy atom. The predicted octanol–water partition coefficient (Wildman–Crippen LogP) is 3.95. The minimum Gasteiger partial charge on any atom is -0.492 e. The second-order valence-electron chi connectivity index (χ2n) is 5.79. The molecular weight excluding hydrogens is 408 g/mol. The number of urea groups is 1. The first-order valence-corrected chi connectivity index (χ1v) is 8.86. The van der Waals surface area contributed by atoms with E-state index in [2.05, 4.69) is 21.2 Å². The van der Waals surface area contributed by atoms with Crippen LogP contribution in [-0.2, 0) is 10.3 Å². The van der Waals surface area contributed by atoms with Crippen molar-refractivity contribution in [3.63, 3.8) is 0 Å². The summed E-state index contributed by atoms with van der Waals surface area (Å²) >= 11 is 9.55. The number of hydrogen-bond acceptors (Lipinski definition) is 3. The van der Waals surface area contributed by atoms with Crippen LogP contribution in [0, 0.1) is 0 Å². The highest BCUT2D eigenvalue weighted by atomic mass is 79.9. The van der Waals surface area contributed by atoms with Crippen LogP contribution in [0.1, 0.15) is 12.5 Å². The van der Waals surface area contributed by atoms with Crippen molar-refractivity contribution in [3.05, 3.63) is 63.6 Å². The van der Waals surface area contributed by atoms with Gasteiger partial charge < -0.3 is 10.1 Å². The van der Waals surface area contributed by atoms with Crippen LogP contribution >= 0.6 is 27.5 Å². The predicted molar refractivity (Wildman–Crippen MR) is 98.7 cm³/mol. The molecule has 0 radical (unpaired) electrons. The molecule has 130 valence electrons. The van der Waals surface area contributed by atoms with E-state index in [1.54, 1.807) is 31.2 Å². The number of nitrogens with zero attached hydrogens (tertiary/aromatic N) is 1. The molecular formula is C18H16BrClN2O3. The Hall–Kier alpha value is -2.05. The van der Waals surface area contributed by atoms with Crippen molar-refractivity contribution in [3.8, 4) is 5.75 Å². The van der Waals surface area contributed by atoms with Crippen LogP contribution in [0.2, 0.25) is 5.02 Å². The second-order valence-corrected chi connectivity index (χ2v) is 7.12. The lowest BCUT2D eigenvalue weighted by molar-refractivity contribution is -0.131. The van der Waals surface area contributed by atoms with E-state index < -0.39 is 11.6 Å². The first kappa shape index (κ1) is 17.8. The first-order chi connectivity index (χ1) is 11.9. The fourth-order valence-electron chi connectivity index (χ4n) is 2.73. The Morgan fingerprint density at radius 3 is 2.52 bits per heavy atom. The van der Waals surface area contributed by atoms with Gasteiger partial charge in [0.2, 0.25) is 0 Å². The van der Waals surface area contributed by atoms with E-state index in [9.17, 15) is 9.59 Å². The van der Waals surface area contributed by atoms with E-state index in [1.807, 2.05) is 24.3 Å². The molecule has 0 saturated carbocycles. The van der Waals surface area contributed by atoms with E-state index in [-0.39, 0.29) is 19.1 Å². The molecule has 3 rings (SSSR count). The van der Waals surface area contributed by atoms with Crippen LogP contribution in [0.25, 0.3) is 0 Å². The fraction of sp³-hybridized carbons (Fsp3) is 0.222. The average Bonchev–Trinajstić information content (AvgIpc) is 2.81. The summed E-state index contributed by atoms with van der Waals surface area (Å²) in [6, 6.07) is 13.9. The minimum absolute atomic E-state index is 0.154. The number of amides is 3. The quantitative estimate of drug-likeness (QED) is 0.741. The summed E-state index contributed by atoms with van der Waals surface area (Å²) in [5.41, 5.74) is -0.598. The van der Waals surface area contributed by atoms with Crippen LogP contribution in [-0.4, -0.2) is 30.0 Å². The SMILES string of the molecule is CC1(c2ccccc2Cl)NC(=O)N(CCOc2ccc(Br)cc2)C1=O. The van der Waals surface area contributed by atoms with Crippen molar-refractivity contribution in [2.75, 3.05) is 13.2 Å². The Morgan fingerprint density at radius 2 is 1.84 bits per heavy atom. The van der Waals surface area contributed by atoms with Crippen molar-refractivity contribution in [2.45, 2.75) is 12.5 Å². The van der Waals surface area contributed by atoms with Gasteiger partial charge in [0.05, 0.1) is 6.54 Å². The largest absolute Gasteiger partial charge is 0.492 e. The van der Waals surface area contributed by atoms with Crippen molar-refractivity contribution in [1.29, 1.82) is 0 Å². The van der Waals surface area contributed by atoms with Crippen molar-refractivity contribution < 1.29 is 14.3 Å². The highest BCUT2D eigenvalue weighted by molar-refractivity contribution is 9.10. The van der Waals surface area contributed by atoms with Crippen LogP contribution in [0.3, 0.4) is 0 Å². The monoisotopic (exact) mass is 422 g/mol. The lowest BCUT2D eigenvalue weighted by Gasteiger charge is -2.23. The molecule has 7 heteroatoms. The molecule has 1 aliphatic rings. The molecule has 1 unspecified atom stereocenters. The van der Waals surface area contributed by atoms with Gasteiger partial charge in [0.1, 0.15) is 17.9 Å². The molecule has 0 spiro atoms. The third kappa shape index (κ3) is 3.50. The van der Waals surface area contributed by atoms with Crippen LogP contribution in [0.15, 0.2) is 53.0 Å². The fourth-order valence-corrected chi connectivity index (χ4v) is 3.32. The maximum atomic E-state index is 12.8. The van der Waals surface area contributed by atoms with Crippen molar-refractivity contribution in [2.24, 2.45) is 0 Å². The van der Waals surface area contributed by atoms with Gasteiger partial charge in [0.25, 0.3) is 5.91 Å². The van der Waals surface area contributed by atoms with Crippen LogP contribution in [0.5, 0.6) is 5.75 Å². The molecule has 25 heavy (non-hydrogen) atoms. The highest BCUT2D eigenvalue weighted by Crippen LogP contribution is 2.33. The summed E-state index contributed by atoms with van der Waals surface area (Å²) in [7, 11) is 0. The zero-order chi connectivity index (χ0) is 18.0. The van der Waals surface area contributed by atoms with Gasteiger partial charge in [-0.2, -0.15) is 0 Å². The highest BCUT2D eigenvalue weighted by Gasteiger charge is 2.49. The Bertz CT molecular complexity index is 812. The summed E-state index contributed by atoms with van der Waals surface area (Å²) < 4.78 is 6.54. The molecule has 1 heterocycles. The molecule has 3 amide bonds. The lowest BCUT2D eigenvalue weighted by Crippen LogP contribution is -2.41. The standard InChI is InChI=1S/C18H16BrClN2O3/c1-18(14-4-2-3-5-15(14)20)16(23)22(17(24)21-18)10-11-25-13-8-6-12(19)7-9-13/h2-9H,10-11H2,1H3,(H,21,24). The molecule has 0 aromatic heterocycles. The molecule has 1 saturated heterocycles. The van der Waals surface area contributed by atoms with Gasteiger partial charge in [0, 0.05) is 15.1 Å². The van der Waals surface area contributed by atoms with Gasteiger partial charge in [-0.3, -0.25) is 9.69 Å². The number of rotatable bonds is 5. The number of ether oxygens (including phenoxy) is 1. The molecule has 2 aromatic rings. The maximum Gasteiger partial charge on any atom is 0.325 e. The summed E-state index contributed by atoms with van der Waals surface area (Å²) in [6.45, 7) is 2.02. The zero-order valence-electron chi connectivity index (χ0n) is 13.5. The van der Waals surface area contributed by atoms with Gasteiger partial charge in [-0.05, 0) is 37.3 Å². The number of carbonyl (C=O) groups excluding carboxylic acids is 2. The Balaban J connectivity index is 1.69. The number of hydrogen-bond donors (Lipinski definition) is 1. The Labute approximate surface area is 159 Å². The maximum absolute atomic E-state index is 12.8. The third-order valence-electron chi connectivity index (χ3n) is 4.08. The van der Waals surface area contributed by atoms with E-state index >= 15 is 0 Å². The summed E-state index contributed by atoms with van der Waals surface area (Å²) in [6.07, 6.45) is 0. The number of carbonyl (C=O) groups is 2. The van der Waals surface area contributed by atoms with Crippen molar-refractivity contribution in [1.82, 2.24) is 10.2 Å². The minimum atomic E-state index is -1.17. The molecule has 0 aliphatic carbocycles. The number of benzene rings is 2. The van der Waals surface area contributed by atoms with Crippen LogP contribution in [0.4, 0.5) is 4.79 Å². The van der Waals surface area contributed by atoms with E-state index in [1.165, 1.54) is 0 Å². The van der Waals surface area contributed by atoms with Gasteiger partial charge in [0.15, 0.2) is 0 Å². The van der Waals surface area contributed by atoms with Gasteiger partial charge in [-0.1, -0.05) is 45.7 Å².